The van der Waals surface area contributed by atoms with Gasteiger partial charge in [-0.1, -0.05) is 113 Å². The normalized spacial score (nSPS) is 31.7. The Kier molecular flexibility index (Phi) is 8.94. The number of carbonyl (C=O) groups excluding carboxylic acids is 2. The average Bonchev–Trinajstić information content (AvgIpc) is 2.75. The van der Waals surface area contributed by atoms with Crippen LogP contribution in [0.2, 0.25) is 0 Å². The summed E-state index contributed by atoms with van der Waals surface area (Å²) >= 11 is 0. The van der Waals surface area contributed by atoms with Crippen LogP contribution in [0.1, 0.15) is 108 Å². The number of hydrogen-bond donors (Lipinski definition) is 2. The molecule has 0 aromatic carbocycles. The number of rotatable bonds is 9. The van der Waals surface area contributed by atoms with Gasteiger partial charge in [0.1, 0.15) is 0 Å². The summed E-state index contributed by atoms with van der Waals surface area (Å²) in [5.74, 6) is -2.85. The number of aliphatic hydroxyl groups is 2. The molecule has 0 amide bonds. The molecule has 0 aromatic rings. The van der Waals surface area contributed by atoms with Gasteiger partial charge in [-0.2, -0.15) is 0 Å². The molecule has 2 N–H and O–H groups in total. The molecule has 0 bridgehead atoms. The number of unbranched alkanes of at least 4 members (excludes halogenated alkanes) is 1. The van der Waals surface area contributed by atoms with E-state index >= 15 is 0 Å². The van der Waals surface area contributed by atoms with Crippen molar-refractivity contribution in [2.45, 2.75) is 121 Å². The van der Waals surface area contributed by atoms with Gasteiger partial charge in [0, 0.05) is 10.8 Å². The molecule has 0 aromatic heterocycles. The second-order valence-corrected chi connectivity index (χ2v) is 14.1. The van der Waals surface area contributed by atoms with Crippen LogP contribution in [0.4, 0.5) is 0 Å². The number of allylic oxidation sites excluding steroid dienone is 4. The third-order valence-corrected chi connectivity index (χ3v) is 10.7. The summed E-state index contributed by atoms with van der Waals surface area (Å²) in [5, 5.41) is 22.6. The third-order valence-electron chi connectivity index (χ3n) is 10.7. The minimum atomic E-state index is -1.42. The van der Waals surface area contributed by atoms with Crippen molar-refractivity contribution in [2.75, 3.05) is 0 Å². The molecule has 2 rings (SSSR count). The number of carbonyl (C=O) groups is 2. The predicted molar refractivity (Wildman–Crippen MR) is 146 cm³/mol. The standard InChI is InChI=1S/C31H52O6/c1-12-13-16-21(22(32)36-24(34)30(10)26(2,3)17-14-18-27(30,4)5)23(33)37-25(35)31(11)28(6,7)19-15-20-29(31,8)9/h14-15,17,19,21,24-25,34-35H,12-13,16,18,20H2,1-11H3. The Hall–Kier alpha value is -1.66. The molecule has 4 atom stereocenters. The Balaban J connectivity index is 2.30. The quantitative estimate of drug-likeness (QED) is 0.155. The minimum Gasteiger partial charge on any atom is -0.435 e. The van der Waals surface area contributed by atoms with Crippen molar-refractivity contribution in [3.05, 3.63) is 24.3 Å². The Bertz CT molecular complexity index is 841. The van der Waals surface area contributed by atoms with Crippen LogP contribution in [0, 0.1) is 38.4 Å². The highest BCUT2D eigenvalue weighted by Gasteiger charge is 2.59. The van der Waals surface area contributed by atoms with E-state index in [4.69, 9.17) is 9.47 Å². The Morgan fingerprint density at radius 1 is 0.730 bits per heavy atom. The lowest BCUT2D eigenvalue weighted by atomic mass is 9.50. The summed E-state index contributed by atoms with van der Waals surface area (Å²) in [6, 6.07) is 0. The molecule has 0 fully saturated rings. The Morgan fingerprint density at radius 2 is 1.08 bits per heavy atom. The van der Waals surface area contributed by atoms with E-state index in [1.165, 1.54) is 0 Å². The topological polar surface area (TPSA) is 93.1 Å². The van der Waals surface area contributed by atoms with Crippen LogP contribution < -0.4 is 0 Å². The molecule has 0 radical (unpaired) electrons. The SMILES string of the molecule is CCCCC(C(=O)OC(O)C1(C)C(C)(C)C=CCC1(C)C)C(=O)OC(O)C1(C)C(C)(C)C=CCC1(C)C. The van der Waals surface area contributed by atoms with E-state index < -0.39 is 52.1 Å². The van der Waals surface area contributed by atoms with E-state index in [0.717, 1.165) is 19.3 Å². The highest BCUT2D eigenvalue weighted by Crippen LogP contribution is 2.60. The zero-order valence-electron chi connectivity index (χ0n) is 25.1. The molecule has 0 saturated heterocycles. The number of aliphatic hydroxyl groups excluding tert-OH is 2. The fraction of sp³-hybridized carbons (Fsp3) is 0.806. The fourth-order valence-corrected chi connectivity index (χ4v) is 6.48. The van der Waals surface area contributed by atoms with E-state index in [-0.39, 0.29) is 17.3 Å². The molecular weight excluding hydrogens is 468 g/mol. The van der Waals surface area contributed by atoms with Gasteiger partial charge in [0.15, 0.2) is 5.92 Å². The minimum absolute atomic E-state index is 0.223. The van der Waals surface area contributed by atoms with Crippen molar-refractivity contribution >= 4 is 11.9 Å². The molecule has 2 aliphatic rings. The first-order valence-electron chi connectivity index (χ1n) is 13.8. The predicted octanol–water partition coefficient (Wildman–Crippen LogP) is 6.55. The van der Waals surface area contributed by atoms with Gasteiger partial charge in [0.05, 0.1) is 0 Å². The Labute approximate surface area is 224 Å². The van der Waals surface area contributed by atoms with Gasteiger partial charge in [0.25, 0.3) is 0 Å². The summed E-state index contributed by atoms with van der Waals surface area (Å²) in [4.78, 5) is 26.8. The van der Waals surface area contributed by atoms with Crippen molar-refractivity contribution in [3.8, 4) is 0 Å². The monoisotopic (exact) mass is 520 g/mol. The van der Waals surface area contributed by atoms with E-state index in [9.17, 15) is 19.8 Å². The van der Waals surface area contributed by atoms with Crippen molar-refractivity contribution in [1.29, 1.82) is 0 Å². The molecule has 0 heterocycles. The van der Waals surface area contributed by atoms with E-state index in [1.807, 2.05) is 48.5 Å². The van der Waals surface area contributed by atoms with Gasteiger partial charge in [0.2, 0.25) is 12.6 Å². The first-order valence-corrected chi connectivity index (χ1v) is 13.8. The lowest BCUT2D eigenvalue weighted by Crippen LogP contribution is -2.57. The molecule has 0 spiro atoms. The van der Waals surface area contributed by atoms with E-state index in [2.05, 4.69) is 52.0 Å². The summed E-state index contributed by atoms with van der Waals surface area (Å²) in [6.45, 7) is 22.1. The fourth-order valence-electron chi connectivity index (χ4n) is 6.48. The lowest BCUT2D eigenvalue weighted by molar-refractivity contribution is -0.245. The van der Waals surface area contributed by atoms with Crippen LogP contribution in [0.5, 0.6) is 0 Å². The summed E-state index contributed by atoms with van der Waals surface area (Å²) in [6.07, 6.45) is 8.52. The molecule has 0 aliphatic heterocycles. The van der Waals surface area contributed by atoms with Gasteiger partial charge in [-0.3, -0.25) is 9.59 Å². The first kappa shape index (κ1) is 31.6. The largest absolute Gasteiger partial charge is 0.435 e. The van der Waals surface area contributed by atoms with Gasteiger partial charge in [-0.05, 0) is 40.9 Å². The van der Waals surface area contributed by atoms with Crippen molar-refractivity contribution in [3.63, 3.8) is 0 Å². The average molecular weight is 521 g/mol. The zero-order valence-corrected chi connectivity index (χ0v) is 25.1. The molecule has 2 aliphatic carbocycles. The van der Waals surface area contributed by atoms with Crippen molar-refractivity contribution in [1.82, 2.24) is 0 Å². The lowest BCUT2D eigenvalue weighted by Gasteiger charge is -2.56. The van der Waals surface area contributed by atoms with Crippen LogP contribution in [0.25, 0.3) is 0 Å². The molecule has 6 nitrogen and oxygen atoms in total. The van der Waals surface area contributed by atoms with Crippen LogP contribution in [0.3, 0.4) is 0 Å². The molecule has 0 saturated carbocycles. The first-order chi connectivity index (χ1) is 16.7. The molecule has 6 heteroatoms. The van der Waals surface area contributed by atoms with Gasteiger partial charge in [-0.25, -0.2) is 0 Å². The van der Waals surface area contributed by atoms with Gasteiger partial charge >= 0.3 is 11.9 Å². The summed E-state index contributed by atoms with van der Waals surface area (Å²) in [7, 11) is 0. The van der Waals surface area contributed by atoms with E-state index in [1.54, 1.807) is 0 Å². The third kappa shape index (κ3) is 5.30. The highest BCUT2D eigenvalue weighted by atomic mass is 16.7. The van der Waals surface area contributed by atoms with Crippen LogP contribution in [-0.2, 0) is 19.1 Å². The molecule has 212 valence electrons. The number of hydrogen-bond acceptors (Lipinski definition) is 6. The number of esters is 2. The number of ether oxygens (including phenoxy) is 2. The van der Waals surface area contributed by atoms with Crippen LogP contribution >= 0.6 is 0 Å². The maximum atomic E-state index is 13.4. The van der Waals surface area contributed by atoms with Crippen LogP contribution in [0.15, 0.2) is 24.3 Å². The van der Waals surface area contributed by atoms with Crippen molar-refractivity contribution < 1.29 is 29.3 Å². The molecular formula is C31H52O6. The Morgan fingerprint density at radius 3 is 1.38 bits per heavy atom. The zero-order chi connectivity index (χ0) is 28.7. The van der Waals surface area contributed by atoms with Gasteiger partial charge in [-0.15, -0.1) is 0 Å². The smallest absolute Gasteiger partial charge is 0.322 e. The maximum Gasteiger partial charge on any atom is 0.322 e. The van der Waals surface area contributed by atoms with Gasteiger partial charge < -0.3 is 19.7 Å². The van der Waals surface area contributed by atoms with Crippen LogP contribution in [-0.4, -0.2) is 34.7 Å². The molecule has 4 unspecified atom stereocenters. The molecule has 37 heavy (non-hydrogen) atoms. The van der Waals surface area contributed by atoms with Crippen molar-refractivity contribution in [2.24, 2.45) is 38.4 Å². The second-order valence-electron chi connectivity index (χ2n) is 14.1. The summed E-state index contributed by atoms with van der Waals surface area (Å²) in [5.41, 5.74) is -3.21. The summed E-state index contributed by atoms with van der Waals surface area (Å²) < 4.78 is 11.3. The second kappa shape index (κ2) is 10.5. The maximum absolute atomic E-state index is 13.4. The van der Waals surface area contributed by atoms with E-state index in [0.29, 0.717) is 6.42 Å². The highest BCUT2D eigenvalue weighted by molar-refractivity contribution is 5.95.